The van der Waals surface area contributed by atoms with E-state index >= 15 is 0 Å². The van der Waals surface area contributed by atoms with Crippen LogP contribution >= 0.6 is 0 Å². The van der Waals surface area contributed by atoms with Crippen LogP contribution in [0.25, 0.3) is 0 Å². The number of hydrogen-bond acceptors (Lipinski definition) is 4. The molecule has 1 N–H and O–H groups in total. The average molecular weight is 256 g/mol. The van der Waals surface area contributed by atoms with Crippen molar-refractivity contribution in [2.45, 2.75) is 33.7 Å². The molecule has 0 saturated carbocycles. The molecule has 1 amide bonds. The Labute approximate surface area is 109 Å². The van der Waals surface area contributed by atoms with Crippen molar-refractivity contribution in [2.24, 2.45) is 5.41 Å². The van der Waals surface area contributed by atoms with Crippen LogP contribution in [-0.2, 0) is 14.3 Å². The first kappa shape index (κ1) is 15.1. The molecule has 1 unspecified atom stereocenters. The van der Waals surface area contributed by atoms with Gasteiger partial charge >= 0.3 is 0 Å². The van der Waals surface area contributed by atoms with Crippen molar-refractivity contribution in [3.8, 4) is 0 Å². The fourth-order valence-corrected chi connectivity index (χ4v) is 2.10. The van der Waals surface area contributed by atoms with Crippen molar-refractivity contribution >= 4 is 11.7 Å². The van der Waals surface area contributed by atoms with Gasteiger partial charge in [-0.2, -0.15) is 0 Å². The molecule has 1 aliphatic heterocycles. The number of amides is 1. The van der Waals surface area contributed by atoms with E-state index in [9.17, 15) is 9.59 Å². The van der Waals surface area contributed by atoms with Crippen molar-refractivity contribution in [3.05, 3.63) is 0 Å². The first-order valence-corrected chi connectivity index (χ1v) is 6.40. The van der Waals surface area contributed by atoms with Gasteiger partial charge in [0.25, 0.3) is 0 Å². The number of hydrogen-bond donors (Lipinski definition) is 1. The van der Waals surface area contributed by atoms with E-state index < -0.39 is 6.04 Å². The van der Waals surface area contributed by atoms with E-state index in [1.54, 1.807) is 0 Å². The number of morpholine rings is 1. The van der Waals surface area contributed by atoms with Crippen LogP contribution in [0.1, 0.15) is 27.7 Å². The summed E-state index contributed by atoms with van der Waals surface area (Å²) in [7, 11) is 0. The lowest BCUT2D eigenvalue weighted by Gasteiger charge is -2.31. The van der Waals surface area contributed by atoms with Gasteiger partial charge in [-0.1, -0.05) is 20.8 Å². The molecule has 1 atom stereocenters. The van der Waals surface area contributed by atoms with Gasteiger partial charge in [-0.05, 0) is 12.3 Å². The summed E-state index contributed by atoms with van der Waals surface area (Å²) in [6, 6.07) is -0.425. The normalized spacial score (nSPS) is 19.3. The van der Waals surface area contributed by atoms with E-state index in [0.29, 0.717) is 19.8 Å². The lowest BCUT2D eigenvalue weighted by molar-refractivity contribution is -0.130. The quantitative estimate of drug-likeness (QED) is 0.793. The zero-order valence-corrected chi connectivity index (χ0v) is 11.8. The summed E-state index contributed by atoms with van der Waals surface area (Å²) >= 11 is 0. The van der Waals surface area contributed by atoms with Gasteiger partial charge < -0.3 is 10.1 Å². The second-order valence-corrected chi connectivity index (χ2v) is 5.87. The first-order valence-electron chi connectivity index (χ1n) is 6.40. The van der Waals surface area contributed by atoms with E-state index in [0.717, 1.165) is 13.1 Å². The maximum Gasteiger partial charge on any atom is 0.234 e. The molecule has 1 rings (SSSR count). The van der Waals surface area contributed by atoms with Gasteiger partial charge in [0.15, 0.2) is 5.78 Å². The van der Waals surface area contributed by atoms with Crippen molar-refractivity contribution < 1.29 is 14.3 Å². The van der Waals surface area contributed by atoms with Gasteiger partial charge in [0, 0.05) is 13.1 Å². The summed E-state index contributed by atoms with van der Waals surface area (Å²) in [6.07, 6.45) is 0. The topological polar surface area (TPSA) is 58.6 Å². The standard InChI is InChI=1S/C13H24N2O3/c1-10(16)12(13(2,3)4)14-11(17)9-15-5-7-18-8-6-15/h12H,5-9H2,1-4H3,(H,14,17). The summed E-state index contributed by atoms with van der Waals surface area (Å²) in [6.45, 7) is 10.6. The Kier molecular flexibility index (Phi) is 5.28. The number of rotatable bonds is 4. The monoisotopic (exact) mass is 256 g/mol. The molecule has 0 spiro atoms. The SMILES string of the molecule is CC(=O)C(NC(=O)CN1CCOCC1)C(C)(C)C. The van der Waals surface area contributed by atoms with Crippen LogP contribution in [-0.4, -0.2) is 55.5 Å². The lowest BCUT2D eigenvalue weighted by Crippen LogP contribution is -2.52. The van der Waals surface area contributed by atoms with Gasteiger partial charge in [0.05, 0.1) is 25.8 Å². The molecule has 1 aliphatic rings. The summed E-state index contributed by atoms with van der Waals surface area (Å²) in [5, 5.41) is 2.83. The molecule has 1 saturated heterocycles. The molecule has 0 bridgehead atoms. The molecule has 0 aromatic heterocycles. The molecule has 18 heavy (non-hydrogen) atoms. The van der Waals surface area contributed by atoms with Gasteiger partial charge in [0.2, 0.25) is 5.91 Å². The minimum atomic E-state index is -0.425. The van der Waals surface area contributed by atoms with Crippen LogP contribution in [0.5, 0.6) is 0 Å². The van der Waals surface area contributed by atoms with Crippen molar-refractivity contribution in [1.29, 1.82) is 0 Å². The van der Waals surface area contributed by atoms with E-state index in [-0.39, 0.29) is 17.1 Å². The number of nitrogens with one attached hydrogen (secondary N) is 1. The highest BCUT2D eigenvalue weighted by Gasteiger charge is 2.30. The number of carbonyl (C=O) groups excluding carboxylic acids is 2. The van der Waals surface area contributed by atoms with Crippen LogP contribution in [0.2, 0.25) is 0 Å². The predicted molar refractivity (Wildman–Crippen MR) is 69.3 cm³/mol. The zero-order valence-electron chi connectivity index (χ0n) is 11.8. The van der Waals surface area contributed by atoms with Crippen molar-refractivity contribution in [1.82, 2.24) is 10.2 Å². The largest absolute Gasteiger partial charge is 0.379 e. The highest BCUT2D eigenvalue weighted by molar-refractivity contribution is 5.88. The van der Waals surface area contributed by atoms with E-state index in [4.69, 9.17) is 4.74 Å². The average Bonchev–Trinajstić information content (AvgIpc) is 2.25. The number of ether oxygens (including phenoxy) is 1. The third kappa shape index (κ3) is 4.74. The second-order valence-electron chi connectivity index (χ2n) is 5.87. The molecular weight excluding hydrogens is 232 g/mol. The third-order valence-corrected chi connectivity index (χ3v) is 3.05. The Bertz CT molecular complexity index is 304. The molecule has 0 aromatic carbocycles. The highest BCUT2D eigenvalue weighted by atomic mass is 16.5. The minimum absolute atomic E-state index is 0.00201. The number of Topliss-reactive ketones (excluding diaryl/α,β-unsaturated/α-hetero) is 1. The van der Waals surface area contributed by atoms with Gasteiger partial charge in [0.1, 0.15) is 0 Å². The molecule has 0 aliphatic carbocycles. The fraction of sp³-hybridized carbons (Fsp3) is 0.846. The molecule has 5 heteroatoms. The Morgan fingerprint density at radius 2 is 1.83 bits per heavy atom. The first-order chi connectivity index (χ1) is 8.30. The minimum Gasteiger partial charge on any atom is -0.379 e. The summed E-state index contributed by atoms with van der Waals surface area (Å²) in [5.74, 6) is -0.0927. The Balaban J connectivity index is 2.48. The van der Waals surface area contributed by atoms with Crippen molar-refractivity contribution in [3.63, 3.8) is 0 Å². The Morgan fingerprint density at radius 1 is 1.28 bits per heavy atom. The van der Waals surface area contributed by atoms with E-state index in [1.807, 2.05) is 25.7 Å². The lowest BCUT2D eigenvalue weighted by atomic mass is 9.84. The smallest absolute Gasteiger partial charge is 0.234 e. The molecule has 1 fully saturated rings. The van der Waals surface area contributed by atoms with Crippen LogP contribution in [0.4, 0.5) is 0 Å². The molecule has 0 radical (unpaired) electrons. The van der Waals surface area contributed by atoms with Crippen LogP contribution in [0.15, 0.2) is 0 Å². The highest BCUT2D eigenvalue weighted by Crippen LogP contribution is 2.19. The molecule has 104 valence electrons. The summed E-state index contributed by atoms with van der Waals surface area (Å²) < 4.78 is 5.23. The predicted octanol–water partition coefficient (Wildman–Crippen LogP) is 0.438. The van der Waals surface area contributed by atoms with Crippen LogP contribution in [0.3, 0.4) is 0 Å². The number of carbonyl (C=O) groups is 2. The second kappa shape index (κ2) is 6.29. The Morgan fingerprint density at radius 3 is 2.28 bits per heavy atom. The van der Waals surface area contributed by atoms with E-state index in [2.05, 4.69) is 5.32 Å². The van der Waals surface area contributed by atoms with Crippen LogP contribution < -0.4 is 5.32 Å². The fourth-order valence-electron chi connectivity index (χ4n) is 2.10. The molecule has 1 heterocycles. The maximum absolute atomic E-state index is 11.9. The maximum atomic E-state index is 11.9. The zero-order chi connectivity index (χ0) is 13.8. The third-order valence-electron chi connectivity index (χ3n) is 3.05. The number of nitrogens with zero attached hydrogens (tertiary/aromatic N) is 1. The molecule has 0 aromatic rings. The van der Waals surface area contributed by atoms with Gasteiger partial charge in [-0.25, -0.2) is 0 Å². The van der Waals surface area contributed by atoms with E-state index in [1.165, 1.54) is 6.92 Å². The van der Waals surface area contributed by atoms with Gasteiger partial charge in [-0.15, -0.1) is 0 Å². The van der Waals surface area contributed by atoms with Crippen molar-refractivity contribution in [2.75, 3.05) is 32.8 Å². The molecular formula is C13H24N2O3. The van der Waals surface area contributed by atoms with Crippen LogP contribution in [0, 0.1) is 5.41 Å². The Hall–Kier alpha value is -0.940. The van der Waals surface area contributed by atoms with Gasteiger partial charge in [-0.3, -0.25) is 14.5 Å². The summed E-state index contributed by atoms with van der Waals surface area (Å²) in [4.78, 5) is 25.5. The summed E-state index contributed by atoms with van der Waals surface area (Å²) in [5.41, 5.74) is -0.257. The molecule has 5 nitrogen and oxygen atoms in total. The number of ketones is 1.